The van der Waals surface area contributed by atoms with Crippen LogP contribution < -0.4 is 9.62 Å². The molecule has 1 aromatic rings. The minimum Gasteiger partial charge on any atom is -0.481 e. The van der Waals surface area contributed by atoms with E-state index in [4.69, 9.17) is 5.11 Å². The fraction of sp³-hybridized carbons (Fsp3) is 0.462. The van der Waals surface area contributed by atoms with Crippen molar-refractivity contribution in [3.8, 4) is 0 Å². The minimum absolute atomic E-state index is 0.0943. The number of anilines is 2. The van der Waals surface area contributed by atoms with E-state index >= 15 is 0 Å². The standard InChI is InChI=1S/C13H20N2O4S/c1-10-6-7-11(9-12(10)15(2)3)14-20(18,19)8-4-5-13(16)17/h6-7,9,14H,4-5,8H2,1-3H3,(H,16,17). The maximum Gasteiger partial charge on any atom is 0.303 e. The van der Waals surface area contributed by atoms with Crippen LogP contribution in [0.1, 0.15) is 18.4 Å². The highest BCUT2D eigenvalue weighted by atomic mass is 32.2. The van der Waals surface area contributed by atoms with Crippen molar-refractivity contribution in [2.45, 2.75) is 19.8 Å². The highest BCUT2D eigenvalue weighted by Gasteiger charge is 2.12. The van der Waals surface area contributed by atoms with Gasteiger partial charge in [0.25, 0.3) is 0 Å². The van der Waals surface area contributed by atoms with Gasteiger partial charge in [-0.05, 0) is 31.0 Å². The summed E-state index contributed by atoms with van der Waals surface area (Å²) in [7, 11) is 0.247. The lowest BCUT2D eigenvalue weighted by atomic mass is 10.2. The Bertz CT molecular complexity index is 582. The van der Waals surface area contributed by atoms with E-state index in [-0.39, 0.29) is 18.6 Å². The van der Waals surface area contributed by atoms with Crippen LogP contribution in [0.4, 0.5) is 11.4 Å². The van der Waals surface area contributed by atoms with Gasteiger partial charge in [0.15, 0.2) is 0 Å². The highest BCUT2D eigenvalue weighted by Crippen LogP contribution is 2.23. The van der Waals surface area contributed by atoms with Crippen LogP contribution >= 0.6 is 0 Å². The van der Waals surface area contributed by atoms with E-state index in [9.17, 15) is 13.2 Å². The number of hydrogen-bond acceptors (Lipinski definition) is 4. The molecule has 20 heavy (non-hydrogen) atoms. The summed E-state index contributed by atoms with van der Waals surface area (Å²) in [5.74, 6) is -1.20. The number of nitrogens with one attached hydrogen (secondary N) is 1. The van der Waals surface area contributed by atoms with Crippen LogP contribution in [0.2, 0.25) is 0 Å². The molecule has 0 aliphatic rings. The van der Waals surface area contributed by atoms with Crippen molar-refractivity contribution >= 4 is 27.4 Å². The zero-order chi connectivity index (χ0) is 15.3. The van der Waals surface area contributed by atoms with Gasteiger partial charge in [0.2, 0.25) is 10.0 Å². The van der Waals surface area contributed by atoms with E-state index < -0.39 is 16.0 Å². The van der Waals surface area contributed by atoms with Gasteiger partial charge < -0.3 is 10.0 Å². The van der Waals surface area contributed by atoms with Gasteiger partial charge in [0.1, 0.15) is 0 Å². The lowest BCUT2D eigenvalue weighted by molar-refractivity contribution is -0.137. The summed E-state index contributed by atoms with van der Waals surface area (Å²) in [6, 6.07) is 5.28. The maximum absolute atomic E-state index is 11.8. The zero-order valence-corrected chi connectivity index (χ0v) is 12.7. The van der Waals surface area contributed by atoms with Crippen LogP contribution in [0, 0.1) is 6.92 Å². The third-order valence-corrected chi connectivity index (χ3v) is 4.14. The number of sulfonamides is 1. The second kappa shape index (κ2) is 6.60. The Hall–Kier alpha value is -1.76. The SMILES string of the molecule is Cc1ccc(NS(=O)(=O)CCCC(=O)O)cc1N(C)C. The van der Waals surface area contributed by atoms with Gasteiger partial charge in [-0.1, -0.05) is 6.07 Å². The fourth-order valence-corrected chi connectivity index (χ4v) is 2.91. The second-order valence-corrected chi connectivity index (χ2v) is 6.66. The van der Waals surface area contributed by atoms with E-state index in [2.05, 4.69) is 4.72 Å². The third-order valence-electron chi connectivity index (χ3n) is 2.77. The molecule has 112 valence electrons. The smallest absolute Gasteiger partial charge is 0.303 e. The summed E-state index contributed by atoms with van der Waals surface area (Å²) in [4.78, 5) is 12.3. The van der Waals surface area contributed by atoms with E-state index in [1.807, 2.05) is 32.0 Å². The molecule has 1 rings (SSSR count). The number of carbonyl (C=O) groups is 1. The van der Waals surface area contributed by atoms with E-state index in [0.29, 0.717) is 5.69 Å². The lowest BCUT2D eigenvalue weighted by Crippen LogP contribution is -2.18. The van der Waals surface area contributed by atoms with Gasteiger partial charge in [-0.2, -0.15) is 0 Å². The van der Waals surface area contributed by atoms with Gasteiger partial charge in [0.05, 0.1) is 11.4 Å². The number of aliphatic carboxylic acids is 1. The third kappa shape index (κ3) is 5.08. The first-order chi connectivity index (χ1) is 9.21. The molecule has 0 heterocycles. The molecule has 0 aliphatic carbocycles. The average molecular weight is 300 g/mol. The second-order valence-electron chi connectivity index (χ2n) is 4.81. The number of benzene rings is 1. The van der Waals surface area contributed by atoms with Crippen LogP contribution in [0.25, 0.3) is 0 Å². The molecule has 1 aromatic carbocycles. The first-order valence-electron chi connectivity index (χ1n) is 6.21. The van der Waals surface area contributed by atoms with Crippen LogP contribution in [0.15, 0.2) is 18.2 Å². The van der Waals surface area contributed by atoms with Crippen molar-refractivity contribution in [3.63, 3.8) is 0 Å². The zero-order valence-electron chi connectivity index (χ0n) is 11.9. The van der Waals surface area contributed by atoms with Crippen LogP contribution in [0.5, 0.6) is 0 Å². The molecule has 0 bridgehead atoms. The first kappa shape index (κ1) is 16.3. The van der Waals surface area contributed by atoms with Crippen molar-refractivity contribution in [2.24, 2.45) is 0 Å². The predicted octanol–water partition coefficient (Wildman–Crippen LogP) is 1.67. The normalized spacial score (nSPS) is 11.2. The number of carboxylic acid groups (broad SMARTS) is 1. The Labute approximate surface area is 119 Å². The molecule has 0 saturated heterocycles. The number of nitrogens with zero attached hydrogens (tertiary/aromatic N) is 1. The quantitative estimate of drug-likeness (QED) is 0.800. The molecular formula is C13H20N2O4S. The van der Waals surface area contributed by atoms with Crippen molar-refractivity contribution < 1.29 is 18.3 Å². The molecule has 0 amide bonds. The number of rotatable bonds is 7. The van der Waals surface area contributed by atoms with Gasteiger partial charge in [-0.25, -0.2) is 8.42 Å². The predicted molar refractivity (Wildman–Crippen MR) is 79.8 cm³/mol. The molecule has 0 aliphatic heterocycles. The molecule has 0 aromatic heterocycles. The van der Waals surface area contributed by atoms with E-state index in [1.165, 1.54) is 0 Å². The van der Waals surface area contributed by atoms with Gasteiger partial charge in [-0.15, -0.1) is 0 Å². The van der Waals surface area contributed by atoms with Crippen molar-refractivity contribution in [1.29, 1.82) is 0 Å². The molecule has 2 N–H and O–H groups in total. The summed E-state index contributed by atoms with van der Waals surface area (Å²) in [6.45, 7) is 1.94. The van der Waals surface area contributed by atoms with Crippen molar-refractivity contribution in [3.05, 3.63) is 23.8 Å². The van der Waals surface area contributed by atoms with E-state index in [0.717, 1.165) is 11.3 Å². The van der Waals surface area contributed by atoms with Crippen LogP contribution in [-0.2, 0) is 14.8 Å². The summed E-state index contributed by atoms with van der Waals surface area (Å²) in [5, 5.41) is 8.51. The molecular weight excluding hydrogens is 280 g/mol. The Morgan fingerprint density at radius 1 is 1.35 bits per heavy atom. The molecule has 7 heteroatoms. The van der Waals surface area contributed by atoms with Gasteiger partial charge >= 0.3 is 5.97 Å². The number of carboxylic acids is 1. The highest BCUT2D eigenvalue weighted by molar-refractivity contribution is 7.92. The van der Waals surface area contributed by atoms with Crippen LogP contribution in [-0.4, -0.2) is 39.3 Å². The van der Waals surface area contributed by atoms with E-state index in [1.54, 1.807) is 12.1 Å². The fourth-order valence-electron chi connectivity index (χ4n) is 1.80. The van der Waals surface area contributed by atoms with Gasteiger partial charge in [-0.3, -0.25) is 9.52 Å². The summed E-state index contributed by atoms with van der Waals surface area (Å²) in [5.41, 5.74) is 2.45. The molecule has 0 saturated carbocycles. The summed E-state index contributed by atoms with van der Waals surface area (Å²) >= 11 is 0. The minimum atomic E-state index is -3.52. The Balaban J connectivity index is 2.77. The molecule has 0 atom stereocenters. The maximum atomic E-state index is 11.8. The summed E-state index contributed by atoms with van der Waals surface area (Å²) in [6.07, 6.45) is -0.0607. The lowest BCUT2D eigenvalue weighted by Gasteiger charge is -2.17. The first-order valence-corrected chi connectivity index (χ1v) is 7.87. The number of aryl methyl sites for hydroxylation is 1. The summed E-state index contributed by atoms with van der Waals surface area (Å²) < 4.78 is 26.1. The monoisotopic (exact) mass is 300 g/mol. The Morgan fingerprint density at radius 2 is 2.00 bits per heavy atom. The Kier molecular flexibility index (Phi) is 5.38. The topological polar surface area (TPSA) is 86.7 Å². The van der Waals surface area contributed by atoms with Crippen molar-refractivity contribution in [1.82, 2.24) is 0 Å². The van der Waals surface area contributed by atoms with Crippen molar-refractivity contribution in [2.75, 3.05) is 29.5 Å². The Morgan fingerprint density at radius 3 is 2.55 bits per heavy atom. The molecule has 0 fully saturated rings. The largest absolute Gasteiger partial charge is 0.481 e. The number of hydrogen-bond donors (Lipinski definition) is 2. The van der Waals surface area contributed by atoms with Gasteiger partial charge in [0, 0.05) is 26.2 Å². The molecule has 0 spiro atoms. The molecule has 6 nitrogen and oxygen atoms in total. The average Bonchev–Trinajstić information content (AvgIpc) is 2.30. The van der Waals surface area contributed by atoms with Crippen LogP contribution in [0.3, 0.4) is 0 Å². The molecule has 0 radical (unpaired) electrons. The molecule has 0 unspecified atom stereocenters.